The highest BCUT2D eigenvalue weighted by Gasteiger charge is 2.22. The molecule has 0 bridgehead atoms. The van der Waals surface area contributed by atoms with Gasteiger partial charge in [-0.15, -0.1) is 0 Å². The molecule has 0 radical (unpaired) electrons. The summed E-state index contributed by atoms with van der Waals surface area (Å²) in [5.74, 6) is -0.824. The number of phosphoric acid groups is 1. The number of hydrogen-bond acceptors (Lipinski definition) is 8. The second-order valence-corrected chi connectivity index (χ2v) is 26.6. The summed E-state index contributed by atoms with van der Waals surface area (Å²) >= 11 is 0. The average Bonchev–Trinajstić information content (AvgIpc) is 3.56. The summed E-state index contributed by atoms with van der Waals surface area (Å²) in [7, 11) is 1.17. The summed E-state index contributed by atoms with van der Waals surface area (Å²) < 4.78 is 34.3. The standard InChI is InChI=1S/C76H136NO8P/c1-6-8-10-12-14-16-18-20-22-24-26-28-30-31-32-33-34-35-36-37-38-39-40-41-42-43-44-45-47-49-51-53-55-57-59-61-63-65-67-69-76(79)85-74(73-84-86(80,81)83-71-70-77(3,4)5)72-82-75(78)68-66-64-62-60-58-56-54-52-50-48-46-29-27-25-23-21-19-17-15-13-11-9-7-2/h8,10,14,16,19-22,25-28,31-32,34-35,74H,6-7,9,11-13,15,17-18,23-24,29-30,33,36-73H2,1-5H3/b10-8-,16-14-,21-19-,22-20-,27-25-,28-26-,32-31-,35-34-. The van der Waals surface area contributed by atoms with Crippen LogP contribution in [0.15, 0.2) is 97.2 Å². The van der Waals surface area contributed by atoms with Gasteiger partial charge in [0, 0.05) is 12.8 Å². The molecule has 0 saturated carbocycles. The van der Waals surface area contributed by atoms with Gasteiger partial charge in [-0.2, -0.15) is 0 Å². The van der Waals surface area contributed by atoms with Crippen molar-refractivity contribution in [1.29, 1.82) is 0 Å². The van der Waals surface area contributed by atoms with Crippen LogP contribution in [0.3, 0.4) is 0 Å². The Morgan fingerprint density at radius 3 is 0.988 bits per heavy atom. The average molecular weight is 1220 g/mol. The van der Waals surface area contributed by atoms with Crippen LogP contribution in [0.4, 0.5) is 0 Å². The first-order chi connectivity index (χ1) is 42.0. The number of ether oxygens (including phenoxy) is 2. The molecule has 0 aromatic rings. The molecule has 2 unspecified atom stereocenters. The summed E-state index contributed by atoms with van der Waals surface area (Å²) in [5.41, 5.74) is 0. The highest BCUT2D eigenvalue weighted by Crippen LogP contribution is 2.38. The Kier molecular flexibility index (Phi) is 64.0. The highest BCUT2D eigenvalue weighted by atomic mass is 31.2. The monoisotopic (exact) mass is 1220 g/mol. The summed E-state index contributed by atoms with van der Waals surface area (Å²) in [5, 5.41) is 0. The van der Waals surface area contributed by atoms with E-state index < -0.39 is 26.5 Å². The van der Waals surface area contributed by atoms with E-state index in [1.54, 1.807) is 0 Å². The van der Waals surface area contributed by atoms with Gasteiger partial charge in [-0.1, -0.05) is 310 Å². The molecule has 10 heteroatoms. The lowest BCUT2D eigenvalue weighted by Gasteiger charge is -2.28. The summed E-state index contributed by atoms with van der Waals surface area (Å²) in [4.78, 5) is 38.1. The third-order valence-corrected chi connectivity index (χ3v) is 16.6. The molecule has 9 nitrogen and oxygen atoms in total. The van der Waals surface area contributed by atoms with Gasteiger partial charge >= 0.3 is 11.9 Å². The Hall–Kier alpha value is -3.07. The van der Waals surface area contributed by atoms with Crippen molar-refractivity contribution in [2.45, 2.75) is 328 Å². The molecule has 0 aliphatic carbocycles. The molecule has 0 aromatic carbocycles. The van der Waals surface area contributed by atoms with Gasteiger partial charge in [-0.25, -0.2) is 0 Å². The van der Waals surface area contributed by atoms with Crippen LogP contribution in [0, 0.1) is 0 Å². The number of phosphoric ester groups is 1. The second kappa shape index (κ2) is 66.4. The van der Waals surface area contributed by atoms with Crippen LogP contribution in [0.2, 0.25) is 0 Å². The maximum Gasteiger partial charge on any atom is 0.306 e. The van der Waals surface area contributed by atoms with Gasteiger partial charge in [-0.05, 0) is 96.3 Å². The number of nitrogens with zero attached hydrogens (tertiary/aromatic N) is 1. The lowest BCUT2D eigenvalue weighted by atomic mass is 10.0. The van der Waals surface area contributed by atoms with Gasteiger partial charge in [0.1, 0.15) is 19.8 Å². The zero-order valence-electron chi connectivity index (χ0n) is 56.7. The van der Waals surface area contributed by atoms with Crippen LogP contribution in [0.25, 0.3) is 0 Å². The molecule has 86 heavy (non-hydrogen) atoms. The Labute approximate surface area is 532 Å². The highest BCUT2D eigenvalue weighted by molar-refractivity contribution is 7.45. The molecule has 2 atom stereocenters. The zero-order valence-corrected chi connectivity index (χ0v) is 57.6. The number of carbonyl (C=O) groups excluding carboxylic acids is 2. The molecule has 0 aromatic heterocycles. The Morgan fingerprint density at radius 2 is 0.663 bits per heavy atom. The van der Waals surface area contributed by atoms with Gasteiger partial charge < -0.3 is 27.9 Å². The number of unbranched alkanes of at least 4 members (excludes halogenated alkanes) is 36. The predicted molar refractivity (Wildman–Crippen MR) is 369 cm³/mol. The normalized spacial score (nSPS) is 13.7. The van der Waals surface area contributed by atoms with Crippen LogP contribution in [-0.4, -0.2) is 70.0 Å². The van der Waals surface area contributed by atoms with E-state index in [1.165, 1.54) is 205 Å². The first-order valence-electron chi connectivity index (χ1n) is 35.9. The van der Waals surface area contributed by atoms with Crippen molar-refractivity contribution in [3.8, 4) is 0 Å². The third-order valence-electron chi connectivity index (χ3n) is 15.6. The van der Waals surface area contributed by atoms with E-state index >= 15 is 0 Å². The van der Waals surface area contributed by atoms with Crippen LogP contribution < -0.4 is 4.89 Å². The lowest BCUT2D eigenvalue weighted by Crippen LogP contribution is -2.37. The van der Waals surface area contributed by atoms with Gasteiger partial charge in [0.15, 0.2) is 6.10 Å². The molecule has 0 aliphatic rings. The molecule has 0 amide bonds. The summed E-state index contributed by atoms with van der Waals surface area (Å²) in [6.07, 6.45) is 92.1. The second-order valence-electron chi connectivity index (χ2n) is 25.2. The fourth-order valence-corrected chi connectivity index (χ4v) is 10.8. The van der Waals surface area contributed by atoms with Crippen molar-refractivity contribution in [2.75, 3.05) is 47.5 Å². The molecule has 0 fully saturated rings. The smallest absolute Gasteiger partial charge is 0.306 e. The predicted octanol–water partition coefficient (Wildman–Crippen LogP) is 22.9. The largest absolute Gasteiger partial charge is 0.756 e. The maximum absolute atomic E-state index is 12.9. The molecule has 0 rings (SSSR count). The van der Waals surface area contributed by atoms with Gasteiger partial charge in [0.05, 0.1) is 27.7 Å². The van der Waals surface area contributed by atoms with Gasteiger partial charge in [0.25, 0.3) is 7.82 Å². The van der Waals surface area contributed by atoms with Crippen LogP contribution in [0.1, 0.15) is 322 Å². The number of carbonyl (C=O) groups is 2. The fraction of sp³-hybridized carbons (Fsp3) is 0.763. The number of rotatable bonds is 66. The number of hydrogen-bond donors (Lipinski definition) is 0. The Balaban J connectivity index is 3.98. The fourth-order valence-electron chi connectivity index (χ4n) is 10.1. The van der Waals surface area contributed by atoms with E-state index in [0.717, 1.165) is 83.5 Å². The van der Waals surface area contributed by atoms with Crippen molar-refractivity contribution in [3.05, 3.63) is 97.2 Å². The minimum absolute atomic E-state index is 0.0321. The SMILES string of the molecule is CC/C=C\C/C=C\C/C=C\C/C=C\C/C=C\C/C=C\CCCCCCCCCCCCCCCCCCCCCCC(=O)OC(COC(=O)CCCCCCCCCCCCC/C=C\C/C=C\CCCCCCC)COP(=O)([O-])OCC[N+](C)(C)C. The minimum Gasteiger partial charge on any atom is -0.756 e. The van der Waals surface area contributed by atoms with Crippen molar-refractivity contribution >= 4 is 19.8 Å². The first kappa shape index (κ1) is 82.9. The zero-order chi connectivity index (χ0) is 62.6. The third kappa shape index (κ3) is 70.0. The van der Waals surface area contributed by atoms with Crippen molar-refractivity contribution < 1.29 is 42.1 Å². The van der Waals surface area contributed by atoms with Crippen LogP contribution in [-0.2, 0) is 32.7 Å². The van der Waals surface area contributed by atoms with Crippen molar-refractivity contribution in [1.82, 2.24) is 0 Å². The van der Waals surface area contributed by atoms with E-state index in [2.05, 4.69) is 111 Å². The summed E-state index contributed by atoms with van der Waals surface area (Å²) in [6, 6.07) is 0. The maximum atomic E-state index is 12.9. The Morgan fingerprint density at radius 1 is 0.372 bits per heavy atom. The lowest BCUT2D eigenvalue weighted by molar-refractivity contribution is -0.870. The molecule has 0 saturated heterocycles. The molecule has 498 valence electrons. The summed E-state index contributed by atoms with van der Waals surface area (Å²) in [6.45, 7) is 4.15. The quantitative estimate of drug-likeness (QED) is 0.0195. The van der Waals surface area contributed by atoms with Gasteiger partial charge in [-0.3, -0.25) is 14.2 Å². The number of likely N-dealkylation sites (N-methyl/N-ethyl adjacent to an activating group) is 1. The van der Waals surface area contributed by atoms with E-state index in [1.807, 2.05) is 21.1 Å². The molecular weight excluding hydrogens is 1090 g/mol. The minimum atomic E-state index is -4.64. The molecule has 0 aliphatic heterocycles. The topological polar surface area (TPSA) is 111 Å². The number of allylic oxidation sites excluding steroid dienone is 16. The van der Waals surface area contributed by atoms with E-state index in [9.17, 15) is 19.0 Å². The van der Waals surface area contributed by atoms with Crippen LogP contribution in [0.5, 0.6) is 0 Å². The first-order valence-corrected chi connectivity index (χ1v) is 37.4. The van der Waals surface area contributed by atoms with Crippen molar-refractivity contribution in [2.24, 2.45) is 0 Å². The Bertz CT molecular complexity index is 1770. The molecule has 0 heterocycles. The molecular formula is C76H136NO8P. The molecule has 0 N–H and O–H groups in total. The van der Waals surface area contributed by atoms with Gasteiger partial charge in [0.2, 0.25) is 0 Å². The number of esters is 2. The molecule has 0 spiro atoms. The number of quaternary nitrogens is 1. The van der Waals surface area contributed by atoms with Crippen molar-refractivity contribution in [3.63, 3.8) is 0 Å². The van der Waals surface area contributed by atoms with Crippen LogP contribution >= 0.6 is 7.82 Å². The van der Waals surface area contributed by atoms with E-state index in [4.69, 9.17) is 18.5 Å². The van der Waals surface area contributed by atoms with E-state index in [-0.39, 0.29) is 32.0 Å². The van der Waals surface area contributed by atoms with E-state index in [0.29, 0.717) is 17.4 Å².